The van der Waals surface area contributed by atoms with Crippen molar-refractivity contribution in [3.05, 3.63) is 46.9 Å². The minimum absolute atomic E-state index is 0.310. The largest absolute Gasteiger partial charge is 0.508 e. The lowest BCUT2D eigenvalue weighted by Crippen LogP contribution is -2.16. The Balaban J connectivity index is 1.89. The number of hydrogen-bond acceptors (Lipinski definition) is 3. The van der Waals surface area contributed by atoms with E-state index in [1.54, 1.807) is 6.26 Å². The minimum Gasteiger partial charge on any atom is -0.508 e. The summed E-state index contributed by atoms with van der Waals surface area (Å²) in [6.45, 7) is 3.94. The highest BCUT2D eigenvalue weighted by molar-refractivity contribution is 5.58. The Kier molecular flexibility index (Phi) is 2.97. The molecule has 1 unspecified atom stereocenters. The van der Waals surface area contributed by atoms with E-state index in [0.717, 1.165) is 41.8 Å². The first-order chi connectivity index (χ1) is 9.15. The monoisotopic (exact) mass is 257 g/mol. The molecule has 2 N–H and O–H groups in total. The Labute approximate surface area is 113 Å². The summed E-state index contributed by atoms with van der Waals surface area (Å²) >= 11 is 0. The minimum atomic E-state index is 0.310. The van der Waals surface area contributed by atoms with Crippen molar-refractivity contribution in [2.45, 2.75) is 39.2 Å². The lowest BCUT2D eigenvalue weighted by molar-refractivity contribution is 0.461. The van der Waals surface area contributed by atoms with E-state index in [2.05, 4.69) is 11.4 Å². The number of aromatic hydroxyl groups is 1. The first-order valence-corrected chi connectivity index (χ1v) is 6.78. The van der Waals surface area contributed by atoms with E-state index in [9.17, 15) is 5.11 Å². The highest BCUT2D eigenvalue weighted by atomic mass is 16.3. The molecule has 3 nitrogen and oxygen atoms in total. The van der Waals surface area contributed by atoms with Gasteiger partial charge in [0.2, 0.25) is 0 Å². The van der Waals surface area contributed by atoms with Crippen LogP contribution >= 0.6 is 0 Å². The van der Waals surface area contributed by atoms with Crippen molar-refractivity contribution in [2.75, 3.05) is 5.32 Å². The zero-order valence-corrected chi connectivity index (χ0v) is 11.4. The van der Waals surface area contributed by atoms with Gasteiger partial charge >= 0.3 is 0 Å². The summed E-state index contributed by atoms with van der Waals surface area (Å²) in [6.07, 6.45) is 5.08. The topological polar surface area (TPSA) is 45.4 Å². The lowest BCUT2D eigenvalue weighted by Gasteiger charge is -2.25. The van der Waals surface area contributed by atoms with Crippen molar-refractivity contribution in [3.8, 4) is 5.75 Å². The molecule has 1 aromatic heterocycles. The van der Waals surface area contributed by atoms with Crippen LogP contribution in [-0.2, 0) is 6.42 Å². The average molecular weight is 257 g/mol. The van der Waals surface area contributed by atoms with Crippen LogP contribution in [-0.4, -0.2) is 5.11 Å². The molecule has 100 valence electrons. The van der Waals surface area contributed by atoms with E-state index in [-0.39, 0.29) is 0 Å². The molecule has 0 amide bonds. The van der Waals surface area contributed by atoms with Crippen molar-refractivity contribution in [3.63, 3.8) is 0 Å². The first kappa shape index (κ1) is 12.2. The number of phenolic OH excluding ortho intramolecular Hbond substituents is 1. The molecule has 1 atom stereocenters. The fourth-order valence-electron chi connectivity index (χ4n) is 2.78. The number of furan rings is 1. The van der Waals surface area contributed by atoms with Gasteiger partial charge in [-0.2, -0.15) is 0 Å². The molecule has 1 aliphatic carbocycles. The summed E-state index contributed by atoms with van der Waals surface area (Å²) < 4.78 is 5.52. The summed E-state index contributed by atoms with van der Waals surface area (Å²) in [7, 11) is 0. The predicted octanol–water partition coefficient (Wildman–Crippen LogP) is 4.09. The Hall–Kier alpha value is -1.90. The number of anilines is 1. The SMILES string of the molecule is Cc1cc(NC2CCCc3occc32)c(C)cc1O. The van der Waals surface area contributed by atoms with E-state index in [1.165, 1.54) is 5.56 Å². The molecular formula is C16H19NO2. The average Bonchev–Trinajstić information content (AvgIpc) is 2.85. The van der Waals surface area contributed by atoms with Gasteiger partial charge in [-0.25, -0.2) is 0 Å². The van der Waals surface area contributed by atoms with Gasteiger partial charge in [0.05, 0.1) is 12.3 Å². The zero-order valence-electron chi connectivity index (χ0n) is 11.4. The maximum Gasteiger partial charge on any atom is 0.118 e. The van der Waals surface area contributed by atoms with E-state index >= 15 is 0 Å². The number of phenols is 1. The van der Waals surface area contributed by atoms with E-state index in [1.807, 2.05) is 26.0 Å². The Morgan fingerprint density at radius 3 is 2.95 bits per heavy atom. The van der Waals surface area contributed by atoms with Gasteiger partial charge < -0.3 is 14.8 Å². The second-order valence-corrected chi connectivity index (χ2v) is 5.34. The van der Waals surface area contributed by atoms with Gasteiger partial charge in [0, 0.05) is 17.7 Å². The van der Waals surface area contributed by atoms with Gasteiger partial charge in [0.25, 0.3) is 0 Å². The van der Waals surface area contributed by atoms with E-state index in [4.69, 9.17) is 4.42 Å². The quantitative estimate of drug-likeness (QED) is 0.796. The van der Waals surface area contributed by atoms with Gasteiger partial charge in [-0.1, -0.05) is 0 Å². The van der Waals surface area contributed by atoms with Crippen LogP contribution in [0.2, 0.25) is 0 Å². The van der Waals surface area contributed by atoms with E-state index in [0.29, 0.717) is 11.8 Å². The van der Waals surface area contributed by atoms with Crippen LogP contribution in [0, 0.1) is 13.8 Å². The normalized spacial score (nSPS) is 18.1. The fourth-order valence-corrected chi connectivity index (χ4v) is 2.78. The van der Waals surface area contributed by atoms with Crippen molar-refractivity contribution in [1.82, 2.24) is 0 Å². The Morgan fingerprint density at radius 1 is 1.26 bits per heavy atom. The van der Waals surface area contributed by atoms with Gasteiger partial charge in [-0.15, -0.1) is 0 Å². The smallest absolute Gasteiger partial charge is 0.118 e. The number of rotatable bonds is 2. The second kappa shape index (κ2) is 4.65. The summed E-state index contributed by atoms with van der Waals surface area (Å²) in [5.74, 6) is 1.47. The van der Waals surface area contributed by atoms with Crippen LogP contribution in [0.3, 0.4) is 0 Å². The molecule has 1 heterocycles. The molecule has 0 spiro atoms. The van der Waals surface area contributed by atoms with Gasteiger partial charge in [-0.05, 0) is 56.0 Å². The molecule has 0 fully saturated rings. The molecule has 0 saturated heterocycles. The Morgan fingerprint density at radius 2 is 2.11 bits per heavy atom. The van der Waals surface area contributed by atoms with Crippen LogP contribution in [0.15, 0.2) is 28.9 Å². The zero-order chi connectivity index (χ0) is 13.4. The molecule has 2 aromatic rings. The number of aryl methyl sites for hydroxylation is 3. The summed E-state index contributed by atoms with van der Waals surface area (Å²) in [5, 5.41) is 13.3. The van der Waals surface area contributed by atoms with Crippen LogP contribution in [0.5, 0.6) is 5.75 Å². The number of nitrogens with one attached hydrogen (secondary N) is 1. The molecule has 0 bridgehead atoms. The number of benzene rings is 1. The molecule has 1 aromatic carbocycles. The Bertz CT molecular complexity index is 601. The maximum absolute atomic E-state index is 9.71. The standard InChI is InChI=1S/C16H19NO2/c1-10-9-15(18)11(2)8-14(10)17-13-4-3-5-16-12(13)6-7-19-16/h6-9,13,17-18H,3-5H2,1-2H3. The van der Waals surface area contributed by atoms with Gasteiger partial charge in [0.1, 0.15) is 11.5 Å². The molecule has 3 rings (SSSR count). The van der Waals surface area contributed by atoms with Crippen LogP contribution in [0.4, 0.5) is 5.69 Å². The lowest BCUT2D eigenvalue weighted by atomic mass is 9.93. The third-order valence-electron chi connectivity index (χ3n) is 3.92. The fraction of sp³-hybridized carbons (Fsp3) is 0.375. The predicted molar refractivity (Wildman–Crippen MR) is 75.6 cm³/mol. The van der Waals surface area contributed by atoms with E-state index < -0.39 is 0 Å². The van der Waals surface area contributed by atoms with Crippen molar-refractivity contribution in [1.29, 1.82) is 0 Å². The molecule has 19 heavy (non-hydrogen) atoms. The first-order valence-electron chi connectivity index (χ1n) is 6.78. The summed E-state index contributed by atoms with van der Waals surface area (Å²) in [5.41, 5.74) is 4.33. The summed E-state index contributed by atoms with van der Waals surface area (Å²) in [4.78, 5) is 0. The number of fused-ring (bicyclic) bond motifs is 1. The third-order valence-corrected chi connectivity index (χ3v) is 3.92. The molecule has 0 aliphatic heterocycles. The van der Waals surface area contributed by atoms with Gasteiger partial charge in [-0.3, -0.25) is 0 Å². The van der Waals surface area contributed by atoms with Crippen LogP contribution < -0.4 is 5.32 Å². The van der Waals surface area contributed by atoms with Crippen molar-refractivity contribution >= 4 is 5.69 Å². The highest BCUT2D eigenvalue weighted by Crippen LogP contribution is 2.35. The molecule has 3 heteroatoms. The maximum atomic E-state index is 9.71. The van der Waals surface area contributed by atoms with Gasteiger partial charge in [0.15, 0.2) is 0 Å². The second-order valence-electron chi connectivity index (χ2n) is 5.34. The molecule has 0 radical (unpaired) electrons. The van der Waals surface area contributed by atoms with Crippen LogP contribution in [0.1, 0.15) is 41.3 Å². The summed E-state index contributed by atoms with van der Waals surface area (Å²) in [6, 6.07) is 6.20. The van der Waals surface area contributed by atoms with Crippen molar-refractivity contribution in [2.24, 2.45) is 0 Å². The number of hydrogen-bond donors (Lipinski definition) is 2. The molecule has 0 saturated carbocycles. The van der Waals surface area contributed by atoms with Crippen molar-refractivity contribution < 1.29 is 9.52 Å². The molecular weight excluding hydrogens is 238 g/mol. The third kappa shape index (κ3) is 2.21. The van der Waals surface area contributed by atoms with Crippen LogP contribution in [0.25, 0.3) is 0 Å². The highest BCUT2D eigenvalue weighted by Gasteiger charge is 2.22. The molecule has 1 aliphatic rings.